The molecule has 2 N–H and O–H groups in total. The first-order valence-corrected chi connectivity index (χ1v) is 10.8. The third-order valence-electron chi connectivity index (χ3n) is 5.92. The molecule has 2 aromatic carbocycles. The first-order valence-electron chi connectivity index (χ1n) is 10.8. The second kappa shape index (κ2) is 8.93. The average Bonchev–Trinajstić information content (AvgIpc) is 3.31. The lowest BCUT2D eigenvalue weighted by Crippen LogP contribution is -2.46. The number of hydrogen-bond acceptors (Lipinski definition) is 5. The largest absolute Gasteiger partial charge is 0.496 e. The van der Waals surface area contributed by atoms with Crippen molar-refractivity contribution in [1.29, 1.82) is 0 Å². The van der Waals surface area contributed by atoms with Gasteiger partial charge in [0.25, 0.3) is 5.91 Å². The van der Waals surface area contributed by atoms with Gasteiger partial charge < -0.3 is 20.3 Å². The van der Waals surface area contributed by atoms with Gasteiger partial charge in [-0.1, -0.05) is 18.2 Å². The van der Waals surface area contributed by atoms with E-state index in [-0.39, 0.29) is 12.3 Å². The summed E-state index contributed by atoms with van der Waals surface area (Å²) in [4.78, 5) is 52.6. The molecule has 5 amide bonds. The molecule has 2 fully saturated rings. The predicted octanol–water partition coefficient (Wildman–Crippen LogP) is 2.31. The highest BCUT2D eigenvalue weighted by molar-refractivity contribution is 6.10. The Morgan fingerprint density at radius 1 is 1.12 bits per heavy atom. The van der Waals surface area contributed by atoms with Gasteiger partial charge >= 0.3 is 6.03 Å². The van der Waals surface area contributed by atoms with E-state index < -0.39 is 29.9 Å². The Hall–Kier alpha value is -3.88. The molecule has 2 aromatic rings. The number of nitrogens with zero attached hydrogens (tertiary/aromatic N) is 2. The van der Waals surface area contributed by atoms with Crippen LogP contribution in [0.5, 0.6) is 5.75 Å². The Morgan fingerprint density at radius 3 is 2.52 bits per heavy atom. The van der Waals surface area contributed by atoms with Crippen LogP contribution in [0.15, 0.2) is 48.5 Å². The van der Waals surface area contributed by atoms with Crippen LogP contribution in [-0.4, -0.2) is 54.4 Å². The van der Waals surface area contributed by atoms with E-state index in [0.717, 1.165) is 22.6 Å². The summed E-state index contributed by atoms with van der Waals surface area (Å²) >= 11 is 0. The van der Waals surface area contributed by atoms with Crippen molar-refractivity contribution in [2.45, 2.75) is 31.7 Å². The Kier molecular flexibility index (Phi) is 6.04. The Bertz CT molecular complexity index is 1100. The van der Waals surface area contributed by atoms with E-state index in [1.54, 1.807) is 49.3 Å². The average molecular weight is 450 g/mol. The van der Waals surface area contributed by atoms with Crippen molar-refractivity contribution < 1.29 is 23.9 Å². The molecular weight excluding hydrogens is 424 g/mol. The fourth-order valence-corrected chi connectivity index (χ4v) is 4.23. The third-order valence-corrected chi connectivity index (χ3v) is 5.92. The quantitative estimate of drug-likeness (QED) is 0.630. The van der Waals surface area contributed by atoms with Crippen molar-refractivity contribution in [3.63, 3.8) is 0 Å². The fraction of sp³-hybridized carbons (Fsp3) is 0.333. The van der Waals surface area contributed by atoms with Gasteiger partial charge in [-0.25, -0.2) is 4.79 Å². The highest BCUT2D eigenvalue weighted by Gasteiger charge is 2.48. The molecule has 0 radical (unpaired) electrons. The molecule has 0 saturated carbocycles. The number of nitrogens with one attached hydrogen (secondary N) is 2. The molecule has 33 heavy (non-hydrogen) atoms. The van der Waals surface area contributed by atoms with Gasteiger partial charge in [0.05, 0.1) is 7.11 Å². The maximum absolute atomic E-state index is 13.0. The second-order valence-electron chi connectivity index (χ2n) is 8.39. The summed E-state index contributed by atoms with van der Waals surface area (Å²) in [7, 11) is 1.54. The molecule has 2 saturated heterocycles. The van der Waals surface area contributed by atoms with Crippen LogP contribution in [0.2, 0.25) is 0 Å². The number of anilines is 2. The van der Waals surface area contributed by atoms with Gasteiger partial charge in [0.15, 0.2) is 0 Å². The predicted molar refractivity (Wildman–Crippen MR) is 122 cm³/mol. The summed E-state index contributed by atoms with van der Waals surface area (Å²) in [6, 6.07) is 13.6. The Labute approximate surface area is 191 Å². The zero-order chi connectivity index (χ0) is 23.6. The van der Waals surface area contributed by atoms with E-state index in [0.29, 0.717) is 24.4 Å². The van der Waals surface area contributed by atoms with Crippen LogP contribution in [0.25, 0.3) is 0 Å². The second-order valence-corrected chi connectivity index (χ2v) is 8.39. The van der Waals surface area contributed by atoms with E-state index in [2.05, 4.69) is 10.6 Å². The molecule has 2 heterocycles. The van der Waals surface area contributed by atoms with Gasteiger partial charge in [-0.3, -0.25) is 19.3 Å². The number of hydrogen-bond donors (Lipinski definition) is 2. The molecule has 1 atom stereocenters. The molecule has 0 aliphatic carbocycles. The van der Waals surface area contributed by atoms with Crippen molar-refractivity contribution in [2.75, 3.05) is 30.4 Å². The minimum Gasteiger partial charge on any atom is -0.496 e. The van der Waals surface area contributed by atoms with Crippen molar-refractivity contribution in [2.24, 2.45) is 0 Å². The molecule has 4 rings (SSSR count). The lowest BCUT2D eigenvalue weighted by atomic mass is 9.92. The van der Waals surface area contributed by atoms with Crippen LogP contribution in [0.1, 0.15) is 25.3 Å². The maximum Gasteiger partial charge on any atom is 0.325 e. The van der Waals surface area contributed by atoms with Gasteiger partial charge in [0, 0.05) is 30.8 Å². The number of urea groups is 1. The summed E-state index contributed by atoms with van der Waals surface area (Å²) in [6.07, 6.45) is 1.61. The van der Waals surface area contributed by atoms with Crippen LogP contribution in [-0.2, 0) is 20.8 Å². The lowest BCUT2D eigenvalue weighted by molar-refractivity contribution is -0.133. The van der Waals surface area contributed by atoms with E-state index in [4.69, 9.17) is 4.74 Å². The minimum atomic E-state index is -1.18. The Balaban J connectivity index is 1.39. The number of rotatable bonds is 7. The van der Waals surface area contributed by atoms with E-state index in [1.165, 1.54) is 0 Å². The standard InChI is InChI=1S/C24H26N4O5/c1-24(14-16-6-3-4-7-19(16)33-2)22(31)28(23(32)26-24)15-20(29)25-17-9-11-18(12-10-17)27-13-5-8-21(27)30/h3-4,6-7,9-12H,5,8,13-15H2,1-2H3,(H,25,29)(H,26,32)/t24-/m1/s1. The fourth-order valence-electron chi connectivity index (χ4n) is 4.23. The van der Waals surface area contributed by atoms with Gasteiger partial charge in [-0.05, 0) is 49.2 Å². The number of amides is 5. The van der Waals surface area contributed by atoms with Crippen LogP contribution < -0.4 is 20.3 Å². The summed E-state index contributed by atoms with van der Waals surface area (Å²) < 4.78 is 5.34. The number of carbonyl (C=O) groups excluding carboxylic acids is 4. The zero-order valence-corrected chi connectivity index (χ0v) is 18.6. The van der Waals surface area contributed by atoms with Crippen LogP contribution in [0.3, 0.4) is 0 Å². The molecule has 172 valence electrons. The first-order chi connectivity index (χ1) is 15.8. The van der Waals surface area contributed by atoms with Crippen LogP contribution >= 0.6 is 0 Å². The zero-order valence-electron chi connectivity index (χ0n) is 18.6. The molecule has 0 aromatic heterocycles. The molecular formula is C24H26N4O5. The summed E-state index contributed by atoms with van der Waals surface area (Å²) in [6.45, 7) is 1.92. The van der Waals surface area contributed by atoms with Gasteiger partial charge in [0.1, 0.15) is 17.8 Å². The number of carbonyl (C=O) groups is 4. The van der Waals surface area contributed by atoms with E-state index >= 15 is 0 Å². The van der Waals surface area contributed by atoms with E-state index in [1.807, 2.05) is 18.2 Å². The highest BCUT2D eigenvalue weighted by atomic mass is 16.5. The molecule has 0 bridgehead atoms. The number of methoxy groups -OCH3 is 1. The number of ether oxygens (including phenoxy) is 1. The summed E-state index contributed by atoms with van der Waals surface area (Å²) in [5.74, 6) is -0.265. The van der Waals surface area contributed by atoms with Gasteiger partial charge in [-0.15, -0.1) is 0 Å². The van der Waals surface area contributed by atoms with Crippen LogP contribution in [0.4, 0.5) is 16.2 Å². The monoisotopic (exact) mass is 450 g/mol. The highest BCUT2D eigenvalue weighted by Crippen LogP contribution is 2.27. The molecule has 9 nitrogen and oxygen atoms in total. The topological polar surface area (TPSA) is 108 Å². The molecule has 2 aliphatic rings. The molecule has 9 heteroatoms. The smallest absolute Gasteiger partial charge is 0.325 e. The normalized spacial score (nSPS) is 20.2. The SMILES string of the molecule is COc1ccccc1C[C@@]1(C)NC(=O)N(CC(=O)Nc2ccc(N3CCCC3=O)cc2)C1=O. The molecule has 2 aliphatic heterocycles. The summed E-state index contributed by atoms with van der Waals surface area (Å²) in [5, 5.41) is 5.40. The van der Waals surface area contributed by atoms with Crippen molar-refractivity contribution >= 4 is 35.1 Å². The molecule has 0 spiro atoms. The van der Waals surface area contributed by atoms with E-state index in [9.17, 15) is 19.2 Å². The minimum absolute atomic E-state index is 0.0847. The van der Waals surface area contributed by atoms with Gasteiger partial charge in [0.2, 0.25) is 11.8 Å². The maximum atomic E-state index is 13.0. The molecule has 0 unspecified atom stereocenters. The lowest BCUT2D eigenvalue weighted by Gasteiger charge is -2.22. The van der Waals surface area contributed by atoms with Crippen molar-refractivity contribution in [1.82, 2.24) is 10.2 Å². The van der Waals surface area contributed by atoms with Crippen LogP contribution in [0, 0.1) is 0 Å². The number of benzene rings is 2. The number of imide groups is 1. The van der Waals surface area contributed by atoms with Gasteiger partial charge in [-0.2, -0.15) is 0 Å². The van der Waals surface area contributed by atoms with Crippen molar-refractivity contribution in [3.8, 4) is 5.75 Å². The Morgan fingerprint density at radius 2 is 1.85 bits per heavy atom. The first kappa shape index (κ1) is 22.3. The van der Waals surface area contributed by atoms with Crippen molar-refractivity contribution in [3.05, 3.63) is 54.1 Å². The summed E-state index contributed by atoms with van der Waals surface area (Å²) in [5.41, 5.74) is 0.880. The number of para-hydroxylation sites is 1. The third kappa shape index (κ3) is 4.52.